The highest BCUT2D eigenvalue weighted by Crippen LogP contribution is 2.25. The predicted octanol–water partition coefficient (Wildman–Crippen LogP) is 5.38. The summed E-state index contributed by atoms with van der Waals surface area (Å²) in [6.45, 7) is 2.65. The standard InChI is InChI=1S/C28H26N6O/c1-19-8-7-11-21(16-19)17-30-34-26-24(25-27(34)32-23-13-6-5-12-22(23)31-25)28(35)33(18-29-26)15-14-20-9-3-2-4-10-20/h5-9,11-13,16-18H,2-4,10,14-15H2,1H3. The fraction of sp³-hybridized carbons (Fsp3) is 0.250. The van der Waals surface area contributed by atoms with E-state index in [0.29, 0.717) is 28.7 Å². The van der Waals surface area contributed by atoms with Crippen LogP contribution in [0.15, 0.2) is 76.4 Å². The first-order valence-corrected chi connectivity index (χ1v) is 12.1. The first-order valence-electron chi connectivity index (χ1n) is 12.1. The number of allylic oxidation sites excluding steroid dienone is 2. The van der Waals surface area contributed by atoms with Gasteiger partial charge in [-0.25, -0.2) is 15.0 Å². The predicted molar refractivity (Wildman–Crippen MR) is 140 cm³/mol. The Morgan fingerprint density at radius 3 is 2.69 bits per heavy atom. The van der Waals surface area contributed by atoms with Crippen LogP contribution in [0.1, 0.15) is 43.2 Å². The third-order valence-corrected chi connectivity index (χ3v) is 6.63. The highest BCUT2D eigenvalue weighted by Gasteiger charge is 2.20. The molecule has 7 heteroatoms. The molecule has 174 valence electrons. The van der Waals surface area contributed by atoms with E-state index in [9.17, 15) is 4.79 Å². The molecule has 35 heavy (non-hydrogen) atoms. The van der Waals surface area contributed by atoms with Crippen LogP contribution in [-0.4, -0.2) is 30.4 Å². The summed E-state index contributed by atoms with van der Waals surface area (Å²) in [6.07, 6.45) is 11.3. The van der Waals surface area contributed by atoms with Gasteiger partial charge in [0.05, 0.1) is 23.6 Å². The zero-order valence-electron chi connectivity index (χ0n) is 19.7. The first-order chi connectivity index (χ1) is 17.2. The molecule has 5 aromatic rings. The van der Waals surface area contributed by atoms with Crippen molar-refractivity contribution in [2.24, 2.45) is 5.10 Å². The van der Waals surface area contributed by atoms with Crippen molar-refractivity contribution in [3.63, 3.8) is 0 Å². The molecule has 2 aromatic carbocycles. The number of hydrogen-bond acceptors (Lipinski definition) is 5. The van der Waals surface area contributed by atoms with Crippen LogP contribution in [0.4, 0.5) is 0 Å². The van der Waals surface area contributed by atoms with Crippen molar-refractivity contribution in [3.05, 3.63) is 88.0 Å². The van der Waals surface area contributed by atoms with E-state index in [2.05, 4.69) is 17.1 Å². The van der Waals surface area contributed by atoms with Crippen LogP contribution in [0.2, 0.25) is 0 Å². The van der Waals surface area contributed by atoms with E-state index in [-0.39, 0.29) is 5.56 Å². The van der Waals surface area contributed by atoms with E-state index < -0.39 is 0 Å². The average molecular weight is 463 g/mol. The van der Waals surface area contributed by atoms with E-state index in [1.165, 1.54) is 18.4 Å². The summed E-state index contributed by atoms with van der Waals surface area (Å²) < 4.78 is 3.34. The SMILES string of the molecule is Cc1cccc(C=Nn2c3nc4ccccc4nc3c3c(=O)n(CCC4=CCCCC4)cnc32)c1. The summed E-state index contributed by atoms with van der Waals surface area (Å²) in [7, 11) is 0. The zero-order chi connectivity index (χ0) is 23.8. The van der Waals surface area contributed by atoms with Gasteiger partial charge in [0.2, 0.25) is 0 Å². The van der Waals surface area contributed by atoms with Crippen molar-refractivity contribution in [3.8, 4) is 0 Å². The summed E-state index contributed by atoms with van der Waals surface area (Å²) in [4.78, 5) is 28.0. The number of aryl methyl sites for hydroxylation is 2. The van der Waals surface area contributed by atoms with E-state index >= 15 is 0 Å². The lowest BCUT2D eigenvalue weighted by atomic mass is 9.97. The van der Waals surface area contributed by atoms with Gasteiger partial charge >= 0.3 is 0 Å². The first kappa shape index (κ1) is 21.4. The van der Waals surface area contributed by atoms with Gasteiger partial charge in [-0.15, -0.1) is 0 Å². The third-order valence-electron chi connectivity index (χ3n) is 6.63. The second-order valence-corrected chi connectivity index (χ2v) is 9.15. The normalized spacial score (nSPS) is 14.4. The van der Waals surface area contributed by atoms with E-state index in [4.69, 9.17) is 15.1 Å². The minimum atomic E-state index is -0.106. The number of aromatic nitrogens is 5. The van der Waals surface area contributed by atoms with Gasteiger partial charge in [-0.3, -0.25) is 9.36 Å². The molecule has 0 radical (unpaired) electrons. The maximum absolute atomic E-state index is 13.7. The topological polar surface area (TPSA) is 78.0 Å². The summed E-state index contributed by atoms with van der Waals surface area (Å²) in [6, 6.07) is 15.8. The Morgan fingerprint density at radius 2 is 1.89 bits per heavy atom. The maximum atomic E-state index is 13.7. The molecule has 1 aliphatic rings. The van der Waals surface area contributed by atoms with E-state index in [1.54, 1.807) is 21.8 Å². The van der Waals surface area contributed by atoms with Crippen LogP contribution >= 0.6 is 0 Å². The van der Waals surface area contributed by atoms with Gasteiger partial charge in [0.15, 0.2) is 11.3 Å². The molecule has 6 rings (SSSR count). The minimum Gasteiger partial charge on any atom is -0.298 e. The van der Waals surface area contributed by atoms with Crippen molar-refractivity contribution in [1.29, 1.82) is 0 Å². The summed E-state index contributed by atoms with van der Waals surface area (Å²) in [5, 5.41) is 5.16. The lowest BCUT2D eigenvalue weighted by Crippen LogP contribution is -2.21. The highest BCUT2D eigenvalue weighted by atomic mass is 16.1. The van der Waals surface area contributed by atoms with Gasteiger partial charge in [-0.05, 0) is 56.7 Å². The largest absolute Gasteiger partial charge is 0.298 e. The highest BCUT2D eigenvalue weighted by molar-refractivity contribution is 6.04. The monoisotopic (exact) mass is 462 g/mol. The van der Waals surface area contributed by atoms with Crippen molar-refractivity contribution in [2.45, 2.75) is 45.6 Å². The number of rotatable bonds is 5. The molecule has 0 amide bonds. The molecule has 3 aromatic heterocycles. The third kappa shape index (κ3) is 4.03. The fourth-order valence-electron chi connectivity index (χ4n) is 4.79. The van der Waals surface area contributed by atoms with Gasteiger partial charge in [-0.1, -0.05) is 53.6 Å². The van der Waals surface area contributed by atoms with Gasteiger partial charge < -0.3 is 0 Å². The Morgan fingerprint density at radius 1 is 1.03 bits per heavy atom. The number of fused-ring (bicyclic) bond motifs is 4. The summed E-state index contributed by atoms with van der Waals surface area (Å²) in [5.74, 6) is 0. The molecule has 0 N–H and O–H groups in total. The van der Waals surface area contributed by atoms with E-state index in [0.717, 1.165) is 41.4 Å². The van der Waals surface area contributed by atoms with Gasteiger partial charge in [0, 0.05) is 6.54 Å². The second kappa shape index (κ2) is 8.91. The van der Waals surface area contributed by atoms with Crippen molar-refractivity contribution in [1.82, 2.24) is 24.2 Å². The number of nitrogens with zero attached hydrogens (tertiary/aromatic N) is 6. The minimum absolute atomic E-state index is 0.106. The average Bonchev–Trinajstić information content (AvgIpc) is 3.19. The number of hydrogen-bond donors (Lipinski definition) is 0. The van der Waals surface area contributed by atoms with Gasteiger partial charge in [-0.2, -0.15) is 9.78 Å². The molecule has 0 saturated heterocycles. The quantitative estimate of drug-likeness (QED) is 0.260. The Kier molecular flexibility index (Phi) is 5.45. The van der Waals surface area contributed by atoms with E-state index in [1.807, 2.05) is 49.4 Å². The van der Waals surface area contributed by atoms with Crippen LogP contribution in [0.25, 0.3) is 33.2 Å². The smallest absolute Gasteiger partial charge is 0.265 e. The molecule has 0 spiro atoms. The van der Waals surface area contributed by atoms with Crippen LogP contribution in [-0.2, 0) is 6.54 Å². The van der Waals surface area contributed by atoms with Crippen molar-refractivity contribution in [2.75, 3.05) is 0 Å². The van der Waals surface area contributed by atoms with Gasteiger partial charge in [0.1, 0.15) is 10.9 Å². The molecule has 0 saturated carbocycles. The molecule has 0 atom stereocenters. The van der Waals surface area contributed by atoms with Crippen LogP contribution in [0.3, 0.4) is 0 Å². The molecule has 0 unspecified atom stereocenters. The lowest BCUT2D eigenvalue weighted by Gasteiger charge is -2.13. The van der Waals surface area contributed by atoms with Crippen molar-refractivity contribution < 1.29 is 0 Å². The van der Waals surface area contributed by atoms with Crippen LogP contribution in [0, 0.1) is 6.92 Å². The fourth-order valence-corrected chi connectivity index (χ4v) is 4.79. The molecular weight excluding hydrogens is 436 g/mol. The molecule has 7 nitrogen and oxygen atoms in total. The molecule has 0 fully saturated rings. The summed E-state index contributed by atoms with van der Waals surface area (Å²) >= 11 is 0. The molecule has 0 bridgehead atoms. The molecule has 0 aliphatic heterocycles. The molecular formula is C28H26N6O. The van der Waals surface area contributed by atoms with Crippen LogP contribution in [0.5, 0.6) is 0 Å². The van der Waals surface area contributed by atoms with Gasteiger partial charge in [0.25, 0.3) is 5.56 Å². The van der Waals surface area contributed by atoms with Crippen molar-refractivity contribution >= 4 is 39.4 Å². The Balaban J connectivity index is 1.52. The lowest BCUT2D eigenvalue weighted by molar-refractivity contribution is 0.610. The van der Waals surface area contributed by atoms with Crippen LogP contribution < -0.4 is 5.56 Å². The maximum Gasteiger partial charge on any atom is 0.265 e. The Labute approximate surface area is 202 Å². The second-order valence-electron chi connectivity index (χ2n) is 9.15. The molecule has 3 heterocycles. The zero-order valence-corrected chi connectivity index (χ0v) is 19.7. The molecule has 1 aliphatic carbocycles. The number of benzene rings is 2. The Hall–Kier alpha value is -4.13. The number of para-hydroxylation sites is 2. The Bertz CT molecular complexity index is 1690. The summed E-state index contributed by atoms with van der Waals surface area (Å²) in [5.41, 5.74) is 6.45.